The van der Waals surface area contributed by atoms with E-state index in [1.54, 1.807) is 32.4 Å². The fourth-order valence-corrected chi connectivity index (χ4v) is 4.10. The van der Waals surface area contributed by atoms with Crippen molar-refractivity contribution >= 4 is 34.8 Å². The third-order valence-corrected chi connectivity index (χ3v) is 5.54. The Labute approximate surface area is 169 Å². The first-order valence-electron chi connectivity index (χ1n) is 8.84. The Bertz CT molecular complexity index is 809. The maximum absolute atomic E-state index is 12.6. The van der Waals surface area contributed by atoms with Crippen LogP contribution in [-0.2, 0) is 4.79 Å². The second-order valence-corrected chi connectivity index (χ2v) is 7.35. The van der Waals surface area contributed by atoms with Gasteiger partial charge in [0, 0.05) is 18.9 Å². The van der Waals surface area contributed by atoms with Crippen molar-refractivity contribution in [2.45, 2.75) is 18.9 Å². The van der Waals surface area contributed by atoms with Crippen LogP contribution in [0.25, 0.3) is 0 Å². The zero-order valence-electron chi connectivity index (χ0n) is 15.4. The van der Waals surface area contributed by atoms with E-state index < -0.39 is 0 Å². The second kappa shape index (κ2) is 8.83. The molecule has 2 aromatic rings. The number of hydrogen-bond donors (Lipinski definition) is 2. The average molecular weight is 410 g/mol. The minimum absolute atomic E-state index is 0.112. The van der Waals surface area contributed by atoms with Gasteiger partial charge in [0.25, 0.3) is 5.91 Å². The number of hydrogen-bond acceptors (Lipinski definition) is 3. The van der Waals surface area contributed by atoms with Crippen LogP contribution in [0.5, 0.6) is 11.5 Å². The summed E-state index contributed by atoms with van der Waals surface area (Å²) in [7, 11) is 3.28. The van der Waals surface area contributed by atoms with Crippen molar-refractivity contribution in [2.24, 2.45) is 0 Å². The summed E-state index contributed by atoms with van der Waals surface area (Å²) in [4.78, 5) is 13.8. The lowest BCUT2D eigenvalue weighted by Crippen LogP contribution is -3.11. The molecule has 1 fully saturated rings. The Kier molecular flexibility index (Phi) is 6.47. The molecule has 1 unspecified atom stereocenters. The zero-order chi connectivity index (χ0) is 19.4. The smallest absolute Gasteiger partial charge is 0.279 e. The van der Waals surface area contributed by atoms with Gasteiger partial charge in [0.1, 0.15) is 17.5 Å². The number of halogens is 2. The summed E-state index contributed by atoms with van der Waals surface area (Å²) in [5, 5.41) is 3.71. The summed E-state index contributed by atoms with van der Waals surface area (Å²) in [5.41, 5.74) is 1.55. The lowest BCUT2D eigenvalue weighted by atomic mass is 10.0. The predicted molar refractivity (Wildman–Crippen MR) is 107 cm³/mol. The van der Waals surface area contributed by atoms with Crippen LogP contribution in [0, 0.1) is 0 Å². The van der Waals surface area contributed by atoms with Crippen molar-refractivity contribution in [2.75, 3.05) is 32.6 Å². The van der Waals surface area contributed by atoms with Crippen LogP contribution in [0.4, 0.5) is 5.69 Å². The number of carbonyl (C=O) groups excluding carboxylic acids is 1. The third-order valence-electron chi connectivity index (χ3n) is 4.91. The summed E-state index contributed by atoms with van der Waals surface area (Å²) in [5.74, 6) is 1.42. The van der Waals surface area contributed by atoms with Gasteiger partial charge in [0.15, 0.2) is 6.54 Å². The molecule has 0 aromatic heterocycles. The van der Waals surface area contributed by atoms with Gasteiger partial charge in [-0.15, -0.1) is 0 Å². The molecule has 1 aliphatic rings. The van der Waals surface area contributed by atoms with E-state index in [1.807, 2.05) is 18.2 Å². The number of anilines is 1. The van der Waals surface area contributed by atoms with Crippen molar-refractivity contribution in [1.82, 2.24) is 0 Å². The number of benzene rings is 2. The molecule has 0 aliphatic carbocycles. The van der Waals surface area contributed by atoms with Crippen molar-refractivity contribution in [3.63, 3.8) is 0 Å². The Hall–Kier alpha value is -1.95. The topological polar surface area (TPSA) is 52.0 Å². The number of carbonyl (C=O) groups is 1. The number of amides is 1. The van der Waals surface area contributed by atoms with Crippen LogP contribution in [0.15, 0.2) is 36.4 Å². The molecule has 3 rings (SSSR count). The quantitative estimate of drug-likeness (QED) is 0.768. The SMILES string of the molecule is COc1ccc([C@H]2CCC[NH+]2CC(=O)Nc2c(Cl)cccc2Cl)c(OC)c1. The highest BCUT2D eigenvalue weighted by Gasteiger charge is 2.34. The predicted octanol–water partition coefficient (Wildman–Crippen LogP) is 3.37. The number of para-hydroxylation sites is 1. The highest BCUT2D eigenvalue weighted by atomic mass is 35.5. The molecule has 5 nitrogen and oxygen atoms in total. The van der Waals surface area contributed by atoms with E-state index in [4.69, 9.17) is 32.7 Å². The maximum atomic E-state index is 12.6. The van der Waals surface area contributed by atoms with Gasteiger partial charge in [-0.1, -0.05) is 29.3 Å². The van der Waals surface area contributed by atoms with Gasteiger partial charge in [0.05, 0.1) is 42.1 Å². The Morgan fingerprint density at radius 3 is 2.59 bits per heavy atom. The summed E-state index contributed by atoms with van der Waals surface area (Å²) in [6.07, 6.45) is 2.05. The van der Waals surface area contributed by atoms with Crippen LogP contribution < -0.4 is 19.7 Å². The van der Waals surface area contributed by atoms with Gasteiger partial charge in [-0.05, 0) is 24.3 Å². The molecule has 2 aromatic carbocycles. The van der Waals surface area contributed by atoms with Gasteiger partial charge in [0.2, 0.25) is 0 Å². The second-order valence-electron chi connectivity index (χ2n) is 6.53. The number of ether oxygens (including phenoxy) is 2. The van der Waals surface area contributed by atoms with Crippen molar-refractivity contribution in [3.8, 4) is 11.5 Å². The molecule has 144 valence electrons. The highest BCUT2D eigenvalue weighted by molar-refractivity contribution is 6.39. The third kappa shape index (κ3) is 4.49. The standard InChI is InChI=1S/C20H22Cl2N2O3/c1-26-13-8-9-14(18(11-13)27-2)17-7-4-10-24(17)12-19(25)23-20-15(21)5-3-6-16(20)22/h3,5-6,8-9,11,17H,4,7,10,12H2,1-2H3,(H,23,25)/p+1/t17-/m1/s1. The number of methoxy groups -OCH3 is 2. The Balaban J connectivity index is 1.74. The van der Waals surface area contributed by atoms with E-state index in [1.165, 1.54) is 4.90 Å². The molecule has 0 bridgehead atoms. The van der Waals surface area contributed by atoms with Crippen LogP contribution in [-0.4, -0.2) is 33.2 Å². The van der Waals surface area contributed by atoms with Gasteiger partial charge in [-0.25, -0.2) is 0 Å². The molecule has 1 heterocycles. The summed E-state index contributed by atoms with van der Waals surface area (Å²) >= 11 is 12.3. The molecular formula is C20H23Cl2N2O3+. The number of quaternary nitrogens is 1. The molecule has 1 saturated heterocycles. The van der Waals surface area contributed by atoms with Crippen LogP contribution >= 0.6 is 23.2 Å². The molecule has 27 heavy (non-hydrogen) atoms. The molecule has 2 atom stereocenters. The maximum Gasteiger partial charge on any atom is 0.279 e. The first kappa shape index (κ1) is 19.8. The van der Waals surface area contributed by atoms with E-state index in [0.29, 0.717) is 22.3 Å². The molecule has 0 saturated carbocycles. The summed E-state index contributed by atoms with van der Waals surface area (Å²) in [6, 6.07) is 11.2. The molecule has 7 heteroatoms. The summed E-state index contributed by atoms with van der Waals surface area (Å²) in [6.45, 7) is 1.25. The van der Waals surface area contributed by atoms with E-state index in [9.17, 15) is 4.79 Å². The molecule has 1 aliphatic heterocycles. The Morgan fingerprint density at radius 2 is 1.93 bits per heavy atom. The highest BCUT2D eigenvalue weighted by Crippen LogP contribution is 2.32. The van der Waals surface area contributed by atoms with Gasteiger partial charge >= 0.3 is 0 Å². The lowest BCUT2D eigenvalue weighted by molar-refractivity contribution is -0.910. The fourth-order valence-electron chi connectivity index (χ4n) is 3.61. The minimum Gasteiger partial charge on any atom is -0.497 e. The van der Waals surface area contributed by atoms with Crippen molar-refractivity contribution in [3.05, 3.63) is 52.0 Å². The van der Waals surface area contributed by atoms with Gasteiger partial charge in [-0.3, -0.25) is 4.79 Å². The first-order chi connectivity index (χ1) is 13.0. The molecule has 0 spiro atoms. The first-order valence-corrected chi connectivity index (χ1v) is 9.59. The fraction of sp³-hybridized carbons (Fsp3) is 0.350. The Morgan fingerprint density at radius 1 is 1.19 bits per heavy atom. The van der Waals surface area contributed by atoms with Crippen LogP contribution in [0.3, 0.4) is 0 Å². The molecule has 1 amide bonds. The molecule has 2 N–H and O–H groups in total. The largest absolute Gasteiger partial charge is 0.497 e. The zero-order valence-corrected chi connectivity index (χ0v) is 16.9. The normalized spacial score (nSPS) is 19.0. The monoisotopic (exact) mass is 409 g/mol. The number of nitrogens with one attached hydrogen (secondary N) is 2. The number of rotatable bonds is 6. The average Bonchev–Trinajstić information content (AvgIpc) is 3.12. The van der Waals surface area contributed by atoms with E-state index >= 15 is 0 Å². The van der Waals surface area contributed by atoms with Crippen molar-refractivity contribution < 1.29 is 19.2 Å². The van der Waals surface area contributed by atoms with E-state index in [0.717, 1.165) is 36.4 Å². The van der Waals surface area contributed by atoms with Crippen molar-refractivity contribution in [1.29, 1.82) is 0 Å². The van der Waals surface area contributed by atoms with E-state index in [2.05, 4.69) is 5.32 Å². The van der Waals surface area contributed by atoms with Gasteiger partial charge in [-0.2, -0.15) is 0 Å². The minimum atomic E-state index is -0.112. The summed E-state index contributed by atoms with van der Waals surface area (Å²) < 4.78 is 10.8. The molecule has 0 radical (unpaired) electrons. The van der Waals surface area contributed by atoms with E-state index in [-0.39, 0.29) is 11.9 Å². The van der Waals surface area contributed by atoms with Crippen LogP contribution in [0.1, 0.15) is 24.4 Å². The van der Waals surface area contributed by atoms with Crippen LogP contribution in [0.2, 0.25) is 10.0 Å². The number of likely N-dealkylation sites (tertiary alicyclic amines) is 1. The molecular weight excluding hydrogens is 387 g/mol. The lowest BCUT2D eigenvalue weighted by Gasteiger charge is -2.23. The van der Waals surface area contributed by atoms with Gasteiger partial charge < -0.3 is 19.7 Å².